The predicted octanol–water partition coefficient (Wildman–Crippen LogP) is 3.80. The number of hydrogen-bond acceptors (Lipinski definition) is 5. The van der Waals surface area contributed by atoms with Crippen LogP contribution in [0.15, 0.2) is 54.0 Å². The van der Waals surface area contributed by atoms with Crippen molar-refractivity contribution in [1.29, 1.82) is 0 Å². The molecule has 0 aliphatic carbocycles. The van der Waals surface area contributed by atoms with Crippen LogP contribution >= 0.6 is 11.3 Å². The Morgan fingerprint density at radius 3 is 2.59 bits per heavy atom. The summed E-state index contributed by atoms with van der Waals surface area (Å²) in [6.45, 7) is 2.09. The summed E-state index contributed by atoms with van der Waals surface area (Å²) in [5.41, 5.74) is -0.312. The average molecular weight is 492 g/mol. The number of benzene rings is 1. The normalized spacial score (nSPS) is 15.2. The molecular weight excluding hydrogens is 467 g/mol. The Labute approximate surface area is 198 Å². The van der Waals surface area contributed by atoms with Gasteiger partial charge in [0, 0.05) is 32.4 Å². The molecule has 1 saturated heterocycles. The number of nitrogens with zero attached hydrogens (tertiary/aromatic N) is 4. The first kappa shape index (κ1) is 24.0. The lowest BCUT2D eigenvalue weighted by Gasteiger charge is -2.22. The number of carbonyl (C=O) groups is 2. The second kappa shape index (κ2) is 10.4. The molecule has 34 heavy (non-hydrogen) atoms. The van der Waals surface area contributed by atoms with E-state index in [9.17, 15) is 22.8 Å². The lowest BCUT2D eigenvalue weighted by molar-refractivity contribution is -0.137. The zero-order valence-corrected chi connectivity index (χ0v) is 19.1. The monoisotopic (exact) mass is 491 g/mol. The maximum atomic E-state index is 13.2. The molecule has 0 unspecified atom stereocenters. The third kappa shape index (κ3) is 6.03. The largest absolute Gasteiger partial charge is 0.418 e. The molecule has 0 radical (unpaired) electrons. The molecule has 11 heteroatoms. The molecule has 1 aliphatic rings. The van der Waals surface area contributed by atoms with Gasteiger partial charge in [0.15, 0.2) is 0 Å². The molecule has 2 aromatic heterocycles. The second-order valence-corrected chi connectivity index (χ2v) is 8.93. The number of thiophene rings is 1. The molecule has 1 fully saturated rings. The highest BCUT2D eigenvalue weighted by molar-refractivity contribution is 7.13. The van der Waals surface area contributed by atoms with Crippen LogP contribution in [-0.4, -0.2) is 64.1 Å². The summed E-state index contributed by atoms with van der Waals surface area (Å²) in [4.78, 5) is 29.8. The summed E-state index contributed by atoms with van der Waals surface area (Å²) in [5.74, 6) is -0.583. The number of alkyl halides is 3. The van der Waals surface area contributed by atoms with Crippen LogP contribution in [0.25, 0.3) is 10.6 Å². The number of rotatable bonds is 6. The topological polar surface area (TPSA) is 70.5 Å². The predicted molar refractivity (Wildman–Crippen MR) is 123 cm³/mol. The van der Waals surface area contributed by atoms with Crippen molar-refractivity contribution >= 4 is 28.8 Å². The van der Waals surface area contributed by atoms with E-state index in [1.807, 2.05) is 28.5 Å². The van der Waals surface area contributed by atoms with Crippen LogP contribution in [0.4, 0.5) is 18.9 Å². The summed E-state index contributed by atoms with van der Waals surface area (Å²) < 4.78 is 41.1. The van der Waals surface area contributed by atoms with Crippen molar-refractivity contribution in [2.75, 3.05) is 38.0 Å². The van der Waals surface area contributed by atoms with Crippen molar-refractivity contribution in [3.63, 3.8) is 0 Å². The number of halogens is 3. The number of anilines is 1. The average Bonchev–Trinajstić information content (AvgIpc) is 3.42. The lowest BCUT2D eigenvalue weighted by atomic mass is 10.1. The van der Waals surface area contributed by atoms with Gasteiger partial charge in [0.2, 0.25) is 11.8 Å². The van der Waals surface area contributed by atoms with Gasteiger partial charge < -0.3 is 10.2 Å². The first-order valence-electron chi connectivity index (χ1n) is 10.8. The molecule has 4 rings (SSSR count). The number of aromatic nitrogens is 2. The summed E-state index contributed by atoms with van der Waals surface area (Å²) in [7, 11) is 0. The molecular formula is C23H24F3N5O2S. The van der Waals surface area contributed by atoms with Gasteiger partial charge in [-0.1, -0.05) is 18.2 Å². The molecule has 3 aromatic rings. The summed E-state index contributed by atoms with van der Waals surface area (Å²) in [5, 5.41) is 8.81. The molecule has 1 aromatic carbocycles. The number of carbonyl (C=O) groups excluding carboxylic acids is 2. The Kier molecular flexibility index (Phi) is 7.32. The number of amides is 2. The summed E-state index contributed by atoms with van der Waals surface area (Å²) in [6, 6.07) is 10.7. The third-order valence-electron chi connectivity index (χ3n) is 5.53. The van der Waals surface area contributed by atoms with Crippen molar-refractivity contribution in [2.45, 2.75) is 19.1 Å². The van der Waals surface area contributed by atoms with Gasteiger partial charge in [-0.25, -0.2) is 0 Å². The molecule has 0 saturated carbocycles. The standard InChI is InChI=1S/C23H24F3N5O2S/c24-23(25,26)17-5-1-2-6-18(17)27-21(32)15-29-9-4-10-30(13-12-29)22(33)16-31-11-8-19(28-31)20-7-3-14-34-20/h1-3,5-8,11,14H,4,9-10,12-13,15-16H2,(H,27,32). The van der Waals surface area contributed by atoms with E-state index in [2.05, 4.69) is 10.4 Å². The fourth-order valence-electron chi connectivity index (χ4n) is 3.85. The van der Waals surface area contributed by atoms with E-state index in [1.165, 1.54) is 18.2 Å². The molecule has 0 atom stereocenters. The number of nitrogens with one attached hydrogen (secondary N) is 1. The van der Waals surface area contributed by atoms with Crippen LogP contribution in [0, 0.1) is 0 Å². The van der Waals surface area contributed by atoms with E-state index in [0.29, 0.717) is 32.6 Å². The van der Waals surface area contributed by atoms with Crippen molar-refractivity contribution in [3.8, 4) is 10.6 Å². The second-order valence-electron chi connectivity index (χ2n) is 7.98. The Morgan fingerprint density at radius 1 is 1.00 bits per heavy atom. The van der Waals surface area contributed by atoms with Crippen LogP contribution < -0.4 is 5.32 Å². The molecule has 3 heterocycles. The summed E-state index contributed by atoms with van der Waals surface area (Å²) in [6.07, 6.45) is -2.11. The SMILES string of the molecule is O=C(CN1CCCN(C(=O)Cn2ccc(-c3cccs3)n2)CC1)Nc1ccccc1C(F)(F)F. The minimum atomic E-state index is -4.55. The zero-order chi connectivity index (χ0) is 24.1. The van der Waals surface area contributed by atoms with Gasteiger partial charge in [0.1, 0.15) is 12.2 Å². The van der Waals surface area contributed by atoms with Gasteiger partial charge in [-0.15, -0.1) is 11.3 Å². The highest BCUT2D eigenvalue weighted by atomic mass is 32.1. The summed E-state index contributed by atoms with van der Waals surface area (Å²) >= 11 is 1.58. The Bertz CT molecular complexity index is 1130. The maximum Gasteiger partial charge on any atom is 0.418 e. The molecule has 1 aliphatic heterocycles. The first-order chi connectivity index (χ1) is 16.3. The van der Waals surface area contributed by atoms with Crippen LogP contribution in [0.2, 0.25) is 0 Å². The molecule has 180 valence electrons. The van der Waals surface area contributed by atoms with Crippen LogP contribution in [0.3, 0.4) is 0 Å². The number of hydrogen-bond donors (Lipinski definition) is 1. The highest BCUT2D eigenvalue weighted by Gasteiger charge is 2.33. The van der Waals surface area contributed by atoms with E-state index in [0.717, 1.165) is 16.6 Å². The Hall–Kier alpha value is -3.18. The smallest absolute Gasteiger partial charge is 0.340 e. The Balaban J connectivity index is 1.29. The highest BCUT2D eigenvalue weighted by Crippen LogP contribution is 2.34. The van der Waals surface area contributed by atoms with E-state index in [-0.39, 0.29) is 24.7 Å². The van der Waals surface area contributed by atoms with E-state index in [1.54, 1.807) is 27.1 Å². The van der Waals surface area contributed by atoms with Gasteiger partial charge >= 0.3 is 6.18 Å². The van der Waals surface area contributed by atoms with Crippen molar-refractivity contribution in [2.24, 2.45) is 0 Å². The maximum absolute atomic E-state index is 13.2. The molecule has 0 bridgehead atoms. The van der Waals surface area contributed by atoms with Gasteiger partial charge in [-0.3, -0.25) is 19.2 Å². The van der Waals surface area contributed by atoms with E-state index >= 15 is 0 Å². The molecule has 0 spiro atoms. The van der Waals surface area contributed by atoms with E-state index < -0.39 is 17.6 Å². The minimum Gasteiger partial charge on any atom is -0.340 e. The molecule has 2 amide bonds. The first-order valence-corrected chi connectivity index (χ1v) is 11.7. The van der Waals surface area contributed by atoms with Gasteiger partial charge in [0.05, 0.1) is 22.7 Å². The van der Waals surface area contributed by atoms with E-state index in [4.69, 9.17) is 0 Å². The molecule has 1 N–H and O–H groups in total. The van der Waals surface area contributed by atoms with Gasteiger partial charge in [-0.05, 0) is 36.1 Å². The zero-order valence-electron chi connectivity index (χ0n) is 18.3. The lowest BCUT2D eigenvalue weighted by Crippen LogP contribution is -2.39. The molecule has 7 nitrogen and oxygen atoms in total. The van der Waals surface area contributed by atoms with Crippen molar-refractivity contribution in [1.82, 2.24) is 19.6 Å². The Morgan fingerprint density at radius 2 is 1.82 bits per heavy atom. The van der Waals surface area contributed by atoms with Crippen molar-refractivity contribution < 1.29 is 22.8 Å². The quantitative estimate of drug-likeness (QED) is 0.570. The number of para-hydroxylation sites is 1. The third-order valence-corrected chi connectivity index (χ3v) is 6.42. The minimum absolute atomic E-state index is 0.0441. The fraction of sp³-hybridized carbons (Fsp3) is 0.348. The van der Waals surface area contributed by atoms with Gasteiger partial charge in [0.25, 0.3) is 0 Å². The van der Waals surface area contributed by atoms with Crippen LogP contribution in [0.5, 0.6) is 0 Å². The van der Waals surface area contributed by atoms with Crippen LogP contribution in [-0.2, 0) is 22.3 Å². The van der Waals surface area contributed by atoms with Crippen molar-refractivity contribution in [3.05, 3.63) is 59.6 Å². The van der Waals surface area contributed by atoms with Crippen LogP contribution in [0.1, 0.15) is 12.0 Å². The fourth-order valence-corrected chi connectivity index (χ4v) is 4.55. The van der Waals surface area contributed by atoms with Gasteiger partial charge in [-0.2, -0.15) is 18.3 Å².